The van der Waals surface area contributed by atoms with Gasteiger partial charge in [-0.15, -0.1) is 0 Å². The SMILES string of the molecule is O=C(NC(=S)Nc1ccc(N2CCN(C(=O)c3ccco3)CC2)cc1)C(c1ccccc1)c1ccccc1. The Balaban J connectivity index is 1.17. The summed E-state index contributed by atoms with van der Waals surface area (Å²) in [7, 11) is 0. The molecule has 1 aliphatic heterocycles. The number of thiocarbonyl (C=S) groups is 1. The molecule has 1 aromatic heterocycles. The Morgan fingerprint density at radius 2 is 1.37 bits per heavy atom. The van der Waals surface area contributed by atoms with E-state index in [9.17, 15) is 9.59 Å². The van der Waals surface area contributed by atoms with Gasteiger partial charge in [0.1, 0.15) is 0 Å². The van der Waals surface area contributed by atoms with Crippen LogP contribution in [0.3, 0.4) is 0 Å². The monoisotopic (exact) mass is 524 g/mol. The minimum Gasteiger partial charge on any atom is -0.459 e. The predicted octanol–water partition coefficient (Wildman–Crippen LogP) is 4.89. The first-order valence-electron chi connectivity index (χ1n) is 12.5. The zero-order chi connectivity index (χ0) is 26.3. The number of piperazine rings is 1. The van der Waals surface area contributed by atoms with Gasteiger partial charge >= 0.3 is 0 Å². The maximum Gasteiger partial charge on any atom is 0.289 e. The zero-order valence-electron chi connectivity index (χ0n) is 20.7. The van der Waals surface area contributed by atoms with E-state index in [0.29, 0.717) is 18.8 Å². The lowest BCUT2D eigenvalue weighted by atomic mass is 9.90. The molecule has 1 saturated heterocycles. The average Bonchev–Trinajstić information content (AvgIpc) is 3.50. The standard InChI is InChI=1S/C30H28N4O3S/c35-28(27(22-8-3-1-4-9-22)23-10-5-2-6-11-23)32-30(38)31-24-13-15-25(16-14-24)33-17-19-34(20-18-33)29(36)26-12-7-21-37-26/h1-16,21,27H,17-20H2,(H2,31,32,35,38). The van der Waals surface area contributed by atoms with E-state index < -0.39 is 5.92 Å². The van der Waals surface area contributed by atoms with Crippen molar-refractivity contribution in [3.05, 3.63) is 120 Å². The average molecular weight is 525 g/mol. The highest BCUT2D eigenvalue weighted by atomic mass is 32.1. The smallest absolute Gasteiger partial charge is 0.289 e. The van der Waals surface area contributed by atoms with Gasteiger partial charge in [-0.3, -0.25) is 9.59 Å². The van der Waals surface area contributed by atoms with Crippen LogP contribution in [0.15, 0.2) is 108 Å². The number of furan rings is 1. The second kappa shape index (κ2) is 11.7. The highest BCUT2D eigenvalue weighted by Gasteiger charge is 2.25. The Hall–Kier alpha value is -4.43. The van der Waals surface area contributed by atoms with Gasteiger partial charge < -0.3 is 24.9 Å². The highest BCUT2D eigenvalue weighted by molar-refractivity contribution is 7.80. The number of anilines is 2. The number of nitrogens with one attached hydrogen (secondary N) is 2. The molecular formula is C30H28N4O3S. The van der Waals surface area contributed by atoms with Gasteiger partial charge in [0.05, 0.1) is 12.2 Å². The van der Waals surface area contributed by atoms with Crippen molar-refractivity contribution in [2.45, 2.75) is 5.92 Å². The van der Waals surface area contributed by atoms with E-state index in [-0.39, 0.29) is 16.9 Å². The molecule has 8 heteroatoms. The van der Waals surface area contributed by atoms with Crippen LogP contribution in [0.2, 0.25) is 0 Å². The number of carbonyl (C=O) groups is 2. The second-order valence-electron chi connectivity index (χ2n) is 9.00. The molecule has 0 saturated carbocycles. The van der Waals surface area contributed by atoms with Crippen molar-refractivity contribution >= 4 is 40.5 Å². The number of hydrogen-bond donors (Lipinski definition) is 2. The van der Waals surface area contributed by atoms with Crippen molar-refractivity contribution in [3.63, 3.8) is 0 Å². The van der Waals surface area contributed by atoms with Crippen molar-refractivity contribution in [2.24, 2.45) is 0 Å². The second-order valence-corrected chi connectivity index (χ2v) is 9.41. The van der Waals surface area contributed by atoms with E-state index in [1.807, 2.05) is 89.8 Å². The van der Waals surface area contributed by atoms with Gasteiger partial charge in [-0.2, -0.15) is 0 Å². The first kappa shape index (κ1) is 25.2. The molecule has 0 atom stereocenters. The number of amides is 2. The quantitative estimate of drug-likeness (QED) is 0.350. The maximum atomic E-state index is 13.3. The molecule has 4 aromatic rings. The van der Waals surface area contributed by atoms with Crippen LogP contribution in [-0.4, -0.2) is 48.0 Å². The molecule has 3 aromatic carbocycles. The van der Waals surface area contributed by atoms with Crippen LogP contribution in [-0.2, 0) is 4.79 Å². The van der Waals surface area contributed by atoms with Gasteiger partial charge in [-0.25, -0.2) is 0 Å². The fourth-order valence-corrected chi connectivity index (χ4v) is 4.83. The zero-order valence-corrected chi connectivity index (χ0v) is 21.6. The maximum absolute atomic E-state index is 13.3. The molecule has 2 N–H and O–H groups in total. The summed E-state index contributed by atoms with van der Waals surface area (Å²) in [5.74, 6) is -0.376. The molecule has 0 radical (unpaired) electrons. The number of benzene rings is 3. The largest absolute Gasteiger partial charge is 0.459 e. The minimum atomic E-state index is -0.474. The Morgan fingerprint density at radius 3 is 1.92 bits per heavy atom. The fourth-order valence-electron chi connectivity index (χ4n) is 4.61. The first-order valence-corrected chi connectivity index (χ1v) is 12.9. The fraction of sp³-hybridized carbons (Fsp3) is 0.167. The van der Waals surface area contributed by atoms with Gasteiger partial charge in [-0.1, -0.05) is 60.7 Å². The van der Waals surface area contributed by atoms with Crippen LogP contribution >= 0.6 is 12.2 Å². The number of carbonyl (C=O) groups excluding carboxylic acids is 2. The van der Waals surface area contributed by atoms with Crippen molar-refractivity contribution in [3.8, 4) is 0 Å². The van der Waals surface area contributed by atoms with Gasteiger partial charge in [0.25, 0.3) is 5.91 Å². The van der Waals surface area contributed by atoms with E-state index in [1.165, 1.54) is 6.26 Å². The lowest BCUT2D eigenvalue weighted by Crippen LogP contribution is -2.48. The van der Waals surface area contributed by atoms with Crippen LogP contribution < -0.4 is 15.5 Å². The molecule has 38 heavy (non-hydrogen) atoms. The number of nitrogens with zero attached hydrogens (tertiary/aromatic N) is 2. The molecule has 0 aliphatic carbocycles. The first-order chi connectivity index (χ1) is 18.6. The third kappa shape index (κ3) is 5.92. The summed E-state index contributed by atoms with van der Waals surface area (Å²) in [5, 5.41) is 6.21. The normalized spacial score (nSPS) is 13.3. The molecule has 5 rings (SSSR count). The van der Waals surface area contributed by atoms with E-state index in [4.69, 9.17) is 16.6 Å². The van der Waals surface area contributed by atoms with Crippen molar-refractivity contribution in [1.82, 2.24) is 10.2 Å². The molecule has 1 aliphatic rings. The predicted molar refractivity (Wildman–Crippen MR) is 152 cm³/mol. The molecular weight excluding hydrogens is 496 g/mol. The van der Waals surface area contributed by atoms with Gasteiger partial charge in [-0.05, 0) is 59.7 Å². The lowest BCUT2D eigenvalue weighted by molar-refractivity contribution is -0.120. The molecule has 192 valence electrons. The number of hydrogen-bond acceptors (Lipinski definition) is 5. The van der Waals surface area contributed by atoms with E-state index in [0.717, 1.165) is 35.6 Å². The van der Waals surface area contributed by atoms with Crippen molar-refractivity contribution in [1.29, 1.82) is 0 Å². The molecule has 0 bridgehead atoms. The van der Waals surface area contributed by atoms with Gasteiger partial charge in [0.2, 0.25) is 5.91 Å². The third-order valence-electron chi connectivity index (χ3n) is 6.55. The summed E-state index contributed by atoms with van der Waals surface area (Å²) in [6.07, 6.45) is 1.51. The number of rotatable bonds is 6. The minimum absolute atomic E-state index is 0.0773. The molecule has 0 spiro atoms. The summed E-state index contributed by atoms with van der Waals surface area (Å²) >= 11 is 5.46. The molecule has 2 heterocycles. The Kier molecular flexibility index (Phi) is 7.80. The van der Waals surface area contributed by atoms with Crippen LogP contribution in [0.4, 0.5) is 11.4 Å². The van der Waals surface area contributed by atoms with Crippen LogP contribution in [0.5, 0.6) is 0 Å². The van der Waals surface area contributed by atoms with Crippen LogP contribution in [0.25, 0.3) is 0 Å². The van der Waals surface area contributed by atoms with E-state index >= 15 is 0 Å². The van der Waals surface area contributed by atoms with Crippen LogP contribution in [0.1, 0.15) is 27.6 Å². The lowest BCUT2D eigenvalue weighted by Gasteiger charge is -2.35. The van der Waals surface area contributed by atoms with Crippen LogP contribution in [0, 0.1) is 0 Å². The Morgan fingerprint density at radius 1 is 0.763 bits per heavy atom. The van der Waals surface area contributed by atoms with E-state index in [1.54, 1.807) is 12.1 Å². The molecule has 7 nitrogen and oxygen atoms in total. The molecule has 1 fully saturated rings. The summed E-state index contributed by atoms with van der Waals surface area (Å²) in [6.45, 7) is 2.71. The summed E-state index contributed by atoms with van der Waals surface area (Å²) in [6, 6.07) is 30.6. The molecule has 0 unspecified atom stereocenters. The molecule has 2 amide bonds. The summed E-state index contributed by atoms with van der Waals surface area (Å²) < 4.78 is 5.24. The van der Waals surface area contributed by atoms with Crippen molar-refractivity contribution < 1.29 is 14.0 Å². The third-order valence-corrected chi connectivity index (χ3v) is 6.76. The summed E-state index contributed by atoms with van der Waals surface area (Å²) in [5.41, 5.74) is 3.63. The summed E-state index contributed by atoms with van der Waals surface area (Å²) in [4.78, 5) is 29.8. The van der Waals surface area contributed by atoms with Gasteiger partial charge in [0, 0.05) is 37.6 Å². The van der Waals surface area contributed by atoms with Crippen molar-refractivity contribution in [2.75, 3.05) is 36.4 Å². The topological polar surface area (TPSA) is 77.8 Å². The Bertz CT molecular complexity index is 1330. The highest BCUT2D eigenvalue weighted by Crippen LogP contribution is 2.25. The van der Waals surface area contributed by atoms with E-state index in [2.05, 4.69) is 15.5 Å². The Labute approximate surface area is 227 Å². The van der Waals surface area contributed by atoms with Gasteiger partial charge in [0.15, 0.2) is 10.9 Å².